The monoisotopic (exact) mass is 411 g/mol. The summed E-state index contributed by atoms with van der Waals surface area (Å²) in [6.07, 6.45) is 0.649. The number of aromatic nitrogens is 2. The van der Waals surface area contributed by atoms with Crippen LogP contribution in [0.15, 0.2) is 33.1 Å². The molecule has 0 unspecified atom stereocenters. The maximum absolute atomic E-state index is 12.7. The molecule has 0 N–H and O–H groups in total. The Morgan fingerprint density at radius 3 is 2.60 bits per heavy atom. The highest BCUT2D eigenvalue weighted by molar-refractivity contribution is 5.76. The van der Waals surface area contributed by atoms with Crippen molar-refractivity contribution in [3.05, 3.63) is 47.2 Å². The third-order valence-corrected chi connectivity index (χ3v) is 5.31. The number of carbonyl (C=O) groups is 1. The largest absolute Gasteiger partial charge is 0.486 e. The van der Waals surface area contributed by atoms with Crippen LogP contribution in [-0.4, -0.2) is 41.3 Å². The molecule has 8 heteroatoms. The molecule has 0 aliphatic carbocycles. The first kappa shape index (κ1) is 20.0. The Kier molecular flexibility index (Phi) is 5.48. The van der Waals surface area contributed by atoms with Gasteiger partial charge in [-0.2, -0.15) is 0 Å². The molecule has 0 radical (unpaired) electrons. The highest BCUT2D eigenvalue weighted by atomic mass is 16.6. The lowest BCUT2D eigenvalue weighted by Gasteiger charge is -2.27. The van der Waals surface area contributed by atoms with Crippen molar-refractivity contribution < 1.29 is 23.1 Å². The highest BCUT2D eigenvalue weighted by Gasteiger charge is 2.21. The maximum Gasteiger partial charge on any atom is 0.251 e. The molecule has 1 aromatic carbocycles. The number of carbonyl (C=O) groups excluding carboxylic acids is 1. The van der Waals surface area contributed by atoms with Gasteiger partial charge in [-0.3, -0.25) is 4.79 Å². The summed E-state index contributed by atoms with van der Waals surface area (Å²) in [5.41, 5.74) is 1.77. The van der Waals surface area contributed by atoms with Crippen molar-refractivity contribution in [2.45, 2.75) is 39.7 Å². The van der Waals surface area contributed by atoms with Gasteiger partial charge >= 0.3 is 0 Å². The summed E-state index contributed by atoms with van der Waals surface area (Å²) in [6, 6.07) is 7.53. The van der Waals surface area contributed by atoms with Crippen molar-refractivity contribution >= 4 is 5.91 Å². The minimum absolute atomic E-state index is 0.00697. The molecule has 3 aromatic rings. The Hall–Kier alpha value is -3.29. The second kappa shape index (κ2) is 8.22. The average molecular weight is 411 g/mol. The van der Waals surface area contributed by atoms with E-state index in [9.17, 15) is 4.79 Å². The van der Waals surface area contributed by atoms with Crippen molar-refractivity contribution in [2.24, 2.45) is 0 Å². The van der Waals surface area contributed by atoms with E-state index in [4.69, 9.17) is 18.3 Å². The smallest absolute Gasteiger partial charge is 0.251 e. The fraction of sp³-hybridized carbons (Fsp3) is 0.409. The molecule has 158 valence electrons. The van der Waals surface area contributed by atoms with Gasteiger partial charge in [0.15, 0.2) is 11.5 Å². The normalized spacial score (nSPS) is 13.9. The van der Waals surface area contributed by atoms with Crippen LogP contribution in [0.4, 0.5) is 0 Å². The number of fused-ring (bicyclic) bond motifs is 1. The number of amides is 1. The molecular formula is C22H25N3O5. The molecule has 1 amide bonds. The van der Waals surface area contributed by atoms with Gasteiger partial charge < -0.3 is 23.2 Å². The lowest BCUT2D eigenvalue weighted by atomic mass is 10.1. The van der Waals surface area contributed by atoms with E-state index in [1.807, 2.05) is 45.0 Å². The number of benzene rings is 1. The van der Waals surface area contributed by atoms with Crippen LogP contribution in [0, 0.1) is 13.8 Å². The van der Waals surface area contributed by atoms with Gasteiger partial charge in [0.2, 0.25) is 11.8 Å². The van der Waals surface area contributed by atoms with Gasteiger partial charge in [0.25, 0.3) is 5.89 Å². The standard InChI is InChI=1S/C22H25N3O5/c1-13-11-17(15(3)29-13)22-24-23-20(30-22)7-8-21(26)25(4)14(2)16-5-6-18-19(12-16)28-10-9-27-18/h5-6,11-12,14H,7-10H2,1-4H3/t14-/m0/s1. The predicted molar refractivity (Wildman–Crippen MR) is 108 cm³/mol. The molecule has 30 heavy (non-hydrogen) atoms. The van der Waals surface area contributed by atoms with Crippen LogP contribution < -0.4 is 9.47 Å². The maximum atomic E-state index is 12.7. The molecule has 1 aliphatic rings. The van der Waals surface area contributed by atoms with E-state index in [0.29, 0.717) is 31.4 Å². The Bertz CT molecular complexity index is 1050. The summed E-state index contributed by atoms with van der Waals surface area (Å²) in [6.45, 7) is 6.79. The first-order chi connectivity index (χ1) is 14.4. The van der Waals surface area contributed by atoms with Crippen molar-refractivity contribution in [2.75, 3.05) is 20.3 Å². The van der Waals surface area contributed by atoms with E-state index in [0.717, 1.165) is 34.1 Å². The van der Waals surface area contributed by atoms with Crippen LogP contribution in [0.1, 0.15) is 42.4 Å². The zero-order valence-electron chi connectivity index (χ0n) is 17.6. The van der Waals surface area contributed by atoms with Crippen LogP contribution in [0.2, 0.25) is 0 Å². The molecule has 3 heterocycles. The number of aryl methyl sites for hydroxylation is 3. The second-order valence-electron chi connectivity index (χ2n) is 7.41. The van der Waals surface area contributed by atoms with Crippen LogP contribution in [0.5, 0.6) is 11.5 Å². The molecular weight excluding hydrogens is 386 g/mol. The van der Waals surface area contributed by atoms with Gasteiger partial charge in [-0.25, -0.2) is 0 Å². The molecule has 2 aromatic heterocycles. The summed E-state index contributed by atoms with van der Waals surface area (Å²) in [7, 11) is 1.79. The number of rotatable bonds is 6. The Labute approximate surface area is 174 Å². The van der Waals surface area contributed by atoms with Crippen LogP contribution >= 0.6 is 0 Å². The third-order valence-electron chi connectivity index (χ3n) is 5.31. The number of nitrogens with zero attached hydrogens (tertiary/aromatic N) is 3. The van der Waals surface area contributed by atoms with E-state index >= 15 is 0 Å². The molecule has 0 saturated carbocycles. The van der Waals surface area contributed by atoms with Crippen LogP contribution in [0.3, 0.4) is 0 Å². The zero-order chi connectivity index (χ0) is 21.3. The summed E-state index contributed by atoms with van der Waals surface area (Å²) in [5, 5.41) is 8.15. The fourth-order valence-electron chi connectivity index (χ4n) is 3.46. The van der Waals surface area contributed by atoms with E-state index in [1.54, 1.807) is 11.9 Å². The SMILES string of the molecule is Cc1cc(-c2nnc(CCC(=O)N(C)[C@@H](C)c3ccc4c(c3)OCCO4)o2)c(C)o1. The van der Waals surface area contributed by atoms with Gasteiger partial charge in [0.05, 0.1) is 11.6 Å². The molecule has 0 fully saturated rings. The molecule has 0 bridgehead atoms. The number of hydrogen-bond donors (Lipinski definition) is 0. The second-order valence-corrected chi connectivity index (χ2v) is 7.41. The predicted octanol–water partition coefficient (Wildman–Crippen LogP) is 3.87. The molecule has 0 saturated heterocycles. The van der Waals surface area contributed by atoms with Crippen molar-refractivity contribution in [1.29, 1.82) is 0 Å². The lowest BCUT2D eigenvalue weighted by Crippen LogP contribution is -2.30. The Morgan fingerprint density at radius 2 is 1.87 bits per heavy atom. The fourth-order valence-corrected chi connectivity index (χ4v) is 3.46. The van der Waals surface area contributed by atoms with E-state index < -0.39 is 0 Å². The zero-order valence-corrected chi connectivity index (χ0v) is 17.6. The van der Waals surface area contributed by atoms with Crippen LogP contribution in [-0.2, 0) is 11.2 Å². The van der Waals surface area contributed by atoms with Gasteiger partial charge in [-0.05, 0) is 44.5 Å². The number of ether oxygens (including phenoxy) is 2. The van der Waals surface area contributed by atoms with E-state index in [-0.39, 0.29) is 18.4 Å². The number of furan rings is 1. The van der Waals surface area contributed by atoms with Crippen molar-refractivity contribution in [3.8, 4) is 23.0 Å². The summed E-state index contributed by atoms with van der Waals surface area (Å²) in [5.74, 6) is 3.80. The molecule has 4 rings (SSSR count). The summed E-state index contributed by atoms with van der Waals surface area (Å²) in [4.78, 5) is 14.4. The Balaban J connectivity index is 1.37. The van der Waals surface area contributed by atoms with Crippen molar-refractivity contribution in [1.82, 2.24) is 15.1 Å². The minimum Gasteiger partial charge on any atom is -0.486 e. The Morgan fingerprint density at radius 1 is 1.10 bits per heavy atom. The molecule has 0 spiro atoms. The first-order valence-electron chi connectivity index (χ1n) is 9.97. The minimum atomic E-state index is -0.108. The quantitative estimate of drug-likeness (QED) is 0.608. The summed E-state index contributed by atoms with van der Waals surface area (Å²) < 4.78 is 22.4. The highest BCUT2D eigenvalue weighted by Crippen LogP contribution is 2.34. The van der Waals surface area contributed by atoms with Gasteiger partial charge in [0, 0.05) is 19.9 Å². The van der Waals surface area contributed by atoms with E-state index in [1.165, 1.54) is 0 Å². The number of hydrogen-bond acceptors (Lipinski definition) is 7. The average Bonchev–Trinajstić information content (AvgIpc) is 3.36. The van der Waals surface area contributed by atoms with E-state index in [2.05, 4.69) is 10.2 Å². The van der Waals surface area contributed by atoms with Gasteiger partial charge in [0.1, 0.15) is 24.7 Å². The first-order valence-corrected chi connectivity index (χ1v) is 9.97. The molecule has 8 nitrogen and oxygen atoms in total. The van der Waals surface area contributed by atoms with Crippen LogP contribution in [0.25, 0.3) is 11.5 Å². The van der Waals surface area contributed by atoms with Crippen molar-refractivity contribution in [3.63, 3.8) is 0 Å². The summed E-state index contributed by atoms with van der Waals surface area (Å²) >= 11 is 0. The molecule has 1 atom stereocenters. The topological polar surface area (TPSA) is 90.8 Å². The lowest BCUT2D eigenvalue weighted by molar-refractivity contribution is -0.131. The molecule has 1 aliphatic heterocycles. The van der Waals surface area contributed by atoms with Gasteiger partial charge in [-0.1, -0.05) is 6.07 Å². The van der Waals surface area contributed by atoms with Gasteiger partial charge in [-0.15, -0.1) is 10.2 Å². The third kappa shape index (κ3) is 4.03.